The molecule has 2 aliphatic carbocycles. The van der Waals surface area contributed by atoms with Crippen LogP contribution in [0.5, 0.6) is 11.5 Å². The van der Waals surface area contributed by atoms with Crippen molar-refractivity contribution in [1.29, 1.82) is 0 Å². The molecule has 0 radical (unpaired) electrons. The van der Waals surface area contributed by atoms with E-state index in [4.69, 9.17) is 19.2 Å². The van der Waals surface area contributed by atoms with Crippen molar-refractivity contribution in [2.75, 3.05) is 20.7 Å². The molecule has 0 bridgehead atoms. The smallest absolute Gasteiger partial charge is 0.408 e. The summed E-state index contributed by atoms with van der Waals surface area (Å²) in [5.74, 6) is -1.61. The summed E-state index contributed by atoms with van der Waals surface area (Å²) in [5, 5.41) is 6.32. The number of methoxy groups -OCH3 is 1. The van der Waals surface area contributed by atoms with Crippen LogP contribution in [0, 0.1) is 11.3 Å². The van der Waals surface area contributed by atoms with Gasteiger partial charge >= 0.3 is 6.09 Å². The maximum absolute atomic E-state index is 14.9. The van der Waals surface area contributed by atoms with Crippen LogP contribution in [-0.4, -0.2) is 101 Å². The summed E-state index contributed by atoms with van der Waals surface area (Å²) < 4.78 is 45.7. The van der Waals surface area contributed by atoms with E-state index < -0.39 is 79.2 Å². The maximum atomic E-state index is 14.9. The Kier molecular flexibility index (Phi) is 11.9. The van der Waals surface area contributed by atoms with Crippen LogP contribution >= 0.6 is 0 Å². The van der Waals surface area contributed by atoms with Crippen molar-refractivity contribution in [3.05, 3.63) is 97.3 Å². The third kappa shape index (κ3) is 8.82. The number of carbonyl (C=O) groups is 4. The van der Waals surface area contributed by atoms with Gasteiger partial charge < -0.3 is 29.7 Å². The number of benzene rings is 2. The fourth-order valence-corrected chi connectivity index (χ4v) is 10.3. The first-order valence-corrected chi connectivity index (χ1v) is 22.5. The molecule has 7 rings (SSSR count). The molecule has 0 spiro atoms. The van der Waals surface area contributed by atoms with Gasteiger partial charge in [0.1, 0.15) is 45.6 Å². The average Bonchev–Trinajstić information content (AvgIpc) is 4.16. The normalized spacial score (nSPS) is 22.0. The highest BCUT2D eigenvalue weighted by molar-refractivity contribution is 7.90. The summed E-state index contributed by atoms with van der Waals surface area (Å²) in [6.45, 7) is 14.3. The van der Waals surface area contributed by atoms with E-state index in [1.165, 1.54) is 30.4 Å². The fourth-order valence-electron chi connectivity index (χ4n) is 8.39. The number of ether oxygens (including phenoxy) is 3. The second-order valence-corrected chi connectivity index (χ2v) is 21.0. The van der Waals surface area contributed by atoms with Gasteiger partial charge in [-0.2, -0.15) is 0 Å². The number of likely N-dealkylation sites (N-methyl/N-ethyl adjacent to an activating group) is 1. The molecule has 334 valence electrons. The van der Waals surface area contributed by atoms with Crippen molar-refractivity contribution in [3.63, 3.8) is 0 Å². The zero-order valence-electron chi connectivity index (χ0n) is 37.0. The SMILES string of the molecule is C=CC1CC1(NC(=O)C1CC(Oc2cc(-c3ccccc3)nc3cc(OC)ccc23)CN1C(=O)C(NC(=O)OC(C)(C)C)C(C)(C)C)C(=O)N(C)S(=O)(=O)C1(c2ccncc2)CC1. The first-order chi connectivity index (χ1) is 29.6. The number of rotatable bonds is 13. The molecule has 5 atom stereocenters. The van der Waals surface area contributed by atoms with E-state index in [9.17, 15) is 27.6 Å². The van der Waals surface area contributed by atoms with Gasteiger partial charge in [0.25, 0.3) is 5.91 Å². The molecular weight excluding hydrogens is 825 g/mol. The van der Waals surface area contributed by atoms with E-state index in [2.05, 4.69) is 22.2 Å². The number of pyridine rings is 2. The number of sulfonamides is 1. The van der Waals surface area contributed by atoms with Crippen molar-refractivity contribution in [2.24, 2.45) is 11.3 Å². The minimum absolute atomic E-state index is 0.0101. The number of hydrogen-bond donors (Lipinski definition) is 2. The highest BCUT2D eigenvalue weighted by atomic mass is 32.2. The highest BCUT2D eigenvalue weighted by Gasteiger charge is 2.66. The molecular formula is C47H56N6O9S. The molecule has 3 aliphatic rings. The summed E-state index contributed by atoms with van der Waals surface area (Å²) in [6, 6.07) is 17.7. The summed E-state index contributed by atoms with van der Waals surface area (Å²) in [5.41, 5.74) is -0.766. The van der Waals surface area contributed by atoms with Gasteiger partial charge in [-0.3, -0.25) is 19.4 Å². The molecule has 5 unspecified atom stereocenters. The maximum Gasteiger partial charge on any atom is 0.408 e. The van der Waals surface area contributed by atoms with Crippen molar-refractivity contribution in [2.45, 2.75) is 101 Å². The molecule has 1 aliphatic heterocycles. The number of nitrogens with zero attached hydrogens (tertiary/aromatic N) is 4. The predicted octanol–water partition coefficient (Wildman–Crippen LogP) is 6.13. The second-order valence-electron chi connectivity index (χ2n) is 18.7. The molecule has 16 heteroatoms. The fraction of sp³-hybridized carbons (Fsp3) is 0.447. The van der Waals surface area contributed by atoms with E-state index in [0.29, 0.717) is 46.5 Å². The van der Waals surface area contributed by atoms with Crippen molar-refractivity contribution < 1.29 is 41.8 Å². The molecule has 15 nitrogen and oxygen atoms in total. The number of likely N-dealkylation sites (tertiary alicyclic amines) is 1. The van der Waals surface area contributed by atoms with E-state index in [0.717, 1.165) is 9.87 Å². The Hall–Kier alpha value is -6.03. The summed E-state index contributed by atoms with van der Waals surface area (Å²) in [4.78, 5) is 67.7. The van der Waals surface area contributed by atoms with Crippen LogP contribution in [0.25, 0.3) is 22.2 Å². The van der Waals surface area contributed by atoms with E-state index in [1.807, 2.05) is 42.5 Å². The van der Waals surface area contributed by atoms with Crippen molar-refractivity contribution >= 4 is 44.7 Å². The molecule has 63 heavy (non-hydrogen) atoms. The van der Waals surface area contributed by atoms with Gasteiger partial charge in [0.15, 0.2) is 0 Å². The highest BCUT2D eigenvalue weighted by Crippen LogP contribution is 2.55. The number of amides is 4. The van der Waals surface area contributed by atoms with Crippen molar-refractivity contribution in [3.8, 4) is 22.8 Å². The Bertz CT molecular complexity index is 2540. The zero-order chi connectivity index (χ0) is 45.7. The Morgan fingerprint density at radius 3 is 2.25 bits per heavy atom. The lowest BCUT2D eigenvalue weighted by Crippen LogP contribution is -2.60. The summed E-state index contributed by atoms with van der Waals surface area (Å²) >= 11 is 0. The lowest BCUT2D eigenvalue weighted by molar-refractivity contribution is -0.143. The topological polar surface area (TPSA) is 186 Å². The van der Waals surface area contributed by atoms with E-state index >= 15 is 0 Å². The summed E-state index contributed by atoms with van der Waals surface area (Å²) in [6.07, 6.45) is 3.71. The van der Waals surface area contributed by atoms with Crippen LogP contribution in [0.2, 0.25) is 0 Å². The molecule has 2 N–H and O–H groups in total. The molecule has 2 aromatic heterocycles. The lowest BCUT2D eigenvalue weighted by Gasteiger charge is -2.36. The number of aromatic nitrogens is 2. The van der Waals surface area contributed by atoms with Crippen LogP contribution in [-0.2, 0) is 33.9 Å². The molecule has 1 saturated heterocycles. The van der Waals surface area contributed by atoms with Gasteiger partial charge in [0, 0.05) is 54.9 Å². The standard InChI is InChI=1S/C47H56N6O9S/c1-10-30-27-47(30,42(56)52(8)63(58,59)46(20-21-46)31-18-22-48-23-19-31)51-40(54)37-25-33(28-53(37)41(55)39(44(2,3)4)50-43(57)62-45(5,6)7)61-38-26-35(29-14-12-11-13-15-29)49-36-24-32(60-9)16-17-34(36)38/h10-19,22-24,26,30,33,37,39H,1,20-21,25,27-28H2,2-9H3,(H,50,57)(H,51,54). The minimum atomic E-state index is -4.25. The van der Waals surface area contributed by atoms with E-state index in [-0.39, 0.29) is 19.4 Å². The lowest BCUT2D eigenvalue weighted by atomic mass is 9.85. The molecule has 4 amide bonds. The van der Waals surface area contributed by atoms with Crippen molar-refractivity contribution in [1.82, 2.24) is 29.8 Å². The zero-order valence-corrected chi connectivity index (χ0v) is 37.8. The summed E-state index contributed by atoms with van der Waals surface area (Å²) in [7, 11) is -1.47. The Morgan fingerprint density at radius 1 is 0.984 bits per heavy atom. The Morgan fingerprint density at radius 2 is 1.67 bits per heavy atom. The Labute approximate surface area is 368 Å². The minimum Gasteiger partial charge on any atom is -0.497 e. The monoisotopic (exact) mass is 880 g/mol. The molecule has 3 heterocycles. The van der Waals surface area contributed by atoms with Crippen LogP contribution in [0.1, 0.15) is 72.8 Å². The first-order valence-electron chi connectivity index (χ1n) is 21.0. The third-order valence-electron chi connectivity index (χ3n) is 12.0. The van der Waals surface area contributed by atoms with Crippen LogP contribution < -0.4 is 20.1 Å². The van der Waals surface area contributed by atoms with Gasteiger partial charge in [-0.1, -0.05) is 57.2 Å². The molecule has 2 saturated carbocycles. The van der Waals surface area contributed by atoms with Gasteiger partial charge in [-0.25, -0.2) is 22.5 Å². The second kappa shape index (κ2) is 16.6. The number of hydrogen-bond acceptors (Lipinski definition) is 11. The van der Waals surface area contributed by atoms with Gasteiger partial charge in [0.05, 0.1) is 24.9 Å². The first kappa shape index (κ1) is 45.0. The van der Waals surface area contributed by atoms with Crippen LogP contribution in [0.4, 0.5) is 4.79 Å². The molecule has 4 aromatic rings. The number of nitrogens with one attached hydrogen (secondary N) is 2. The van der Waals surface area contributed by atoms with Gasteiger partial charge in [-0.05, 0) is 75.3 Å². The van der Waals surface area contributed by atoms with Gasteiger partial charge in [0.2, 0.25) is 21.8 Å². The average molecular weight is 881 g/mol. The predicted molar refractivity (Wildman–Crippen MR) is 237 cm³/mol. The quantitative estimate of drug-likeness (QED) is 0.147. The van der Waals surface area contributed by atoms with Gasteiger partial charge in [-0.15, -0.1) is 6.58 Å². The number of carbonyl (C=O) groups excluding carboxylic acids is 4. The molecule has 3 fully saturated rings. The van der Waals surface area contributed by atoms with Crippen LogP contribution in [0.3, 0.4) is 0 Å². The largest absolute Gasteiger partial charge is 0.497 e. The van der Waals surface area contributed by atoms with Crippen LogP contribution in [0.15, 0.2) is 91.8 Å². The third-order valence-corrected chi connectivity index (χ3v) is 14.6. The number of alkyl carbamates (subject to hydrolysis) is 1. The molecule has 2 aromatic carbocycles. The van der Waals surface area contributed by atoms with E-state index in [1.54, 1.807) is 72.9 Å². The number of fused-ring (bicyclic) bond motifs is 1. The Balaban J connectivity index is 1.23.